The van der Waals surface area contributed by atoms with E-state index in [1.165, 1.54) is 51.7 Å². The van der Waals surface area contributed by atoms with Crippen LogP contribution in [-0.2, 0) is 4.79 Å². The first kappa shape index (κ1) is 17.3. The zero-order valence-electron chi connectivity index (χ0n) is 13.5. The smallest absolute Gasteiger partial charge is 0.336 e. The van der Waals surface area contributed by atoms with Crippen molar-refractivity contribution < 1.29 is 28.5 Å². The zero-order valence-corrected chi connectivity index (χ0v) is 13.5. The van der Waals surface area contributed by atoms with Gasteiger partial charge in [-0.1, -0.05) is 18.2 Å². The second kappa shape index (κ2) is 7.50. The van der Waals surface area contributed by atoms with E-state index in [1.807, 2.05) is 0 Å². The molecule has 0 unspecified atom stereocenters. The average molecular weight is 332 g/mol. The molecule has 0 spiro atoms. The number of benzene rings is 2. The minimum Gasteiger partial charge on any atom is -0.493 e. The maximum Gasteiger partial charge on any atom is 0.336 e. The first-order valence-corrected chi connectivity index (χ1v) is 7.02. The van der Waals surface area contributed by atoms with Crippen molar-refractivity contribution in [3.05, 3.63) is 53.3 Å². The van der Waals surface area contributed by atoms with Gasteiger partial charge in [0.05, 0.1) is 26.9 Å². The van der Waals surface area contributed by atoms with Crippen LogP contribution in [0.15, 0.2) is 36.4 Å². The van der Waals surface area contributed by atoms with E-state index in [0.29, 0.717) is 5.75 Å². The molecule has 0 atom stereocenters. The molecule has 0 aliphatic heterocycles. The van der Waals surface area contributed by atoms with E-state index in [4.69, 9.17) is 14.2 Å². The summed E-state index contributed by atoms with van der Waals surface area (Å²) in [4.78, 5) is 11.7. The SMILES string of the molecule is COc1ccc(/C(=C/c2ccccc2F)C(=O)O)c(OC)c1OC. The van der Waals surface area contributed by atoms with Crippen LogP contribution in [0.3, 0.4) is 0 Å². The van der Waals surface area contributed by atoms with Crippen molar-refractivity contribution >= 4 is 17.6 Å². The molecule has 0 saturated carbocycles. The second-order valence-corrected chi connectivity index (χ2v) is 4.77. The fourth-order valence-corrected chi connectivity index (χ4v) is 2.32. The van der Waals surface area contributed by atoms with Gasteiger partial charge in [0, 0.05) is 11.1 Å². The van der Waals surface area contributed by atoms with Crippen molar-refractivity contribution in [1.82, 2.24) is 0 Å². The highest BCUT2D eigenvalue weighted by atomic mass is 19.1. The molecule has 126 valence electrons. The Morgan fingerprint density at radius 1 is 1.00 bits per heavy atom. The Morgan fingerprint density at radius 3 is 2.21 bits per heavy atom. The molecule has 1 N–H and O–H groups in total. The molecule has 0 bridgehead atoms. The van der Waals surface area contributed by atoms with Crippen LogP contribution in [0, 0.1) is 5.82 Å². The van der Waals surface area contributed by atoms with E-state index < -0.39 is 11.8 Å². The number of carboxylic acid groups (broad SMARTS) is 1. The number of hydrogen-bond acceptors (Lipinski definition) is 4. The molecular formula is C18H17FO5. The fourth-order valence-electron chi connectivity index (χ4n) is 2.32. The lowest BCUT2D eigenvalue weighted by molar-refractivity contribution is -0.130. The highest BCUT2D eigenvalue weighted by Crippen LogP contribution is 2.42. The topological polar surface area (TPSA) is 65.0 Å². The van der Waals surface area contributed by atoms with Crippen LogP contribution >= 0.6 is 0 Å². The molecule has 2 aromatic rings. The predicted octanol–water partition coefficient (Wildman–Crippen LogP) is 3.48. The van der Waals surface area contributed by atoms with Crippen LogP contribution in [-0.4, -0.2) is 32.4 Å². The van der Waals surface area contributed by atoms with Crippen molar-refractivity contribution in [2.75, 3.05) is 21.3 Å². The van der Waals surface area contributed by atoms with Crippen LogP contribution in [0.2, 0.25) is 0 Å². The van der Waals surface area contributed by atoms with Gasteiger partial charge in [0.25, 0.3) is 0 Å². The molecule has 0 amide bonds. The quantitative estimate of drug-likeness (QED) is 0.648. The third-order valence-electron chi connectivity index (χ3n) is 3.43. The Bertz CT molecular complexity index is 783. The van der Waals surface area contributed by atoms with Gasteiger partial charge in [0.2, 0.25) is 5.75 Å². The molecule has 0 radical (unpaired) electrons. The van der Waals surface area contributed by atoms with Gasteiger partial charge in [-0.3, -0.25) is 0 Å². The molecule has 0 heterocycles. The molecule has 0 saturated heterocycles. The van der Waals surface area contributed by atoms with Crippen molar-refractivity contribution in [1.29, 1.82) is 0 Å². The summed E-state index contributed by atoms with van der Waals surface area (Å²) >= 11 is 0. The molecular weight excluding hydrogens is 315 g/mol. The molecule has 6 heteroatoms. The zero-order chi connectivity index (χ0) is 17.7. The summed E-state index contributed by atoms with van der Waals surface area (Å²) < 4.78 is 29.6. The number of carbonyl (C=O) groups is 1. The van der Waals surface area contributed by atoms with Crippen molar-refractivity contribution in [2.24, 2.45) is 0 Å². The van der Waals surface area contributed by atoms with Gasteiger partial charge in [-0.05, 0) is 24.3 Å². The van der Waals surface area contributed by atoms with E-state index in [9.17, 15) is 14.3 Å². The molecule has 0 aliphatic rings. The lowest BCUT2D eigenvalue weighted by atomic mass is 10.0. The van der Waals surface area contributed by atoms with Crippen LogP contribution in [0.4, 0.5) is 4.39 Å². The number of hydrogen-bond donors (Lipinski definition) is 1. The van der Waals surface area contributed by atoms with Crippen LogP contribution in [0.1, 0.15) is 11.1 Å². The Hall–Kier alpha value is -3.02. The van der Waals surface area contributed by atoms with E-state index in [1.54, 1.807) is 12.1 Å². The number of rotatable bonds is 6. The molecule has 0 aliphatic carbocycles. The van der Waals surface area contributed by atoms with Crippen LogP contribution in [0.5, 0.6) is 17.2 Å². The van der Waals surface area contributed by atoms with Gasteiger partial charge in [0.1, 0.15) is 5.82 Å². The highest BCUT2D eigenvalue weighted by Gasteiger charge is 2.22. The molecule has 5 nitrogen and oxygen atoms in total. The molecule has 24 heavy (non-hydrogen) atoms. The molecule has 0 aromatic heterocycles. The molecule has 2 rings (SSSR count). The first-order chi connectivity index (χ1) is 11.5. The molecule has 0 fully saturated rings. The van der Waals surface area contributed by atoms with Gasteiger partial charge in [-0.25, -0.2) is 9.18 Å². The van der Waals surface area contributed by atoms with Gasteiger partial charge >= 0.3 is 5.97 Å². The normalized spacial score (nSPS) is 11.1. The second-order valence-electron chi connectivity index (χ2n) is 4.77. The van der Waals surface area contributed by atoms with Gasteiger partial charge < -0.3 is 19.3 Å². The maximum atomic E-state index is 13.9. The predicted molar refractivity (Wildman–Crippen MR) is 88.0 cm³/mol. The Balaban J connectivity index is 2.69. The third-order valence-corrected chi connectivity index (χ3v) is 3.43. The lowest BCUT2D eigenvalue weighted by Crippen LogP contribution is -2.04. The standard InChI is InChI=1S/C18H17FO5/c1-22-15-9-8-12(16(23-2)17(15)24-3)13(18(20)21)10-11-6-4-5-7-14(11)19/h4-10H,1-3H3,(H,20,21)/b13-10-. The largest absolute Gasteiger partial charge is 0.493 e. The Kier molecular flexibility index (Phi) is 5.42. The summed E-state index contributed by atoms with van der Waals surface area (Å²) in [5.41, 5.74) is 0.288. The highest BCUT2D eigenvalue weighted by molar-refractivity contribution is 6.21. The van der Waals surface area contributed by atoms with E-state index in [2.05, 4.69) is 0 Å². The lowest BCUT2D eigenvalue weighted by Gasteiger charge is -2.16. The number of halogens is 1. The number of ether oxygens (including phenoxy) is 3. The summed E-state index contributed by atoms with van der Waals surface area (Å²) in [5, 5.41) is 9.57. The van der Waals surface area contributed by atoms with Crippen molar-refractivity contribution in [3.8, 4) is 17.2 Å². The minimum atomic E-state index is -1.22. The number of aliphatic carboxylic acids is 1. The summed E-state index contributed by atoms with van der Waals surface area (Å²) in [6.07, 6.45) is 1.25. The summed E-state index contributed by atoms with van der Waals surface area (Å²) in [7, 11) is 4.28. The minimum absolute atomic E-state index is 0.127. The van der Waals surface area contributed by atoms with Crippen molar-refractivity contribution in [3.63, 3.8) is 0 Å². The summed E-state index contributed by atoms with van der Waals surface area (Å²) in [6.45, 7) is 0. The average Bonchev–Trinajstić information content (AvgIpc) is 2.59. The maximum absolute atomic E-state index is 13.9. The summed E-state index contributed by atoms with van der Waals surface area (Å²) in [5.74, 6) is -0.881. The fraction of sp³-hybridized carbons (Fsp3) is 0.167. The van der Waals surface area contributed by atoms with E-state index in [-0.39, 0.29) is 28.2 Å². The van der Waals surface area contributed by atoms with Crippen molar-refractivity contribution in [2.45, 2.75) is 0 Å². The van der Waals surface area contributed by atoms with Gasteiger partial charge in [-0.2, -0.15) is 0 Å². The summed E-state index contributed by atoms with van der Waals surface area (Å²) in [6, 6.07) is 9.00. The third kappa shape index (κ3) is 3.32. The van der Waals surface area contributed by atoms with Crippen LogP contribution < -0.4 is 14.2 Å². The molecule has 2 aromatic carbocycles. The number of carboxylic acids is 1. The van der Waals surface area contributed by atoms with E-state index >= 15 is 0 Å². The van der Waals surface area contributed by atoms with Gasteiger partial charge in [0.15, 0.2) is 11.5 Å². The van der Waals surface area contributed by atoms with E-state index in [0.717, 1.165) is 0 Å². The first-order valence-electron chi connectivity index (χ1n) is 7.02. The monoisotopic (exact) mass is 332 g/mol. The Morgan fingerprint density at radius 2 is 1.67 bits per heavy atom. The van der Waals surface area contributed by atoms with Crippen LogP contribution in [0.25, 0.3) is 11.6 Å². The number of methoxy groups -OCH3 is 3. The Labute approximate surface area is 138 Å². The van der Waals surface area contributed by atoms with Gasteiger partial charge in [-0.15, -0.1) is 0 Å².